The molecule has 0 spiro atoms. The van der Waals surface area contributed by atoms with Gasteiger partial charge in [-0.15, -0.1) is 0 Å². The molecule has 7 heteroatoms. The fraction of sp³-hybridized carbons (Fsp3) is 0.526. The van der Waals surface area contributed by atoms with Crippen molar-refractivity contribution in [3.63, 3.8) is 0 Å². The van der Waals surface area contributed by atoms with E-state index in [0.717, 1.165) is 5.56 Å². The van der Waals surface area contributed by atoms with Gasteiger partial charge >= 0.3 is 5.97 Å². The summed E-state index contributed by atoms with van der Waals surface area (Å²) < 4.78 is 4.78. The molecule has 2 amide bonds. The zero-order chi connectivity index (χ0) is 19.0. The number of benzene rings is 1. The maximum absolute atomic E-state index is 13.3. The van der Waals surface area contributed by atoms with Gasteiger partial charge in [-0.25, -0.2) is 4.79 Å². The maximum atomic E-state index is 13.3. The van der Waals surface area contributed by atoms with Gasteiger partial charge in [0.25, 0.3) is 5.91 Å². The van der Waals surface area contributed by atoms with E-state index >= 15 is 0 Å². The van der Waals surface area contributed by atoms with Gasteiger partial charge in [-0.1, -0.05) is 32.0 Å². The van der Waals surface area contributed by atoms with Gasteiger partial charge in [-0.3, -0.25) is 9.59 Å². The number of β-amino-alcohol motifs (C(OH)–C–C–N with tert-alkyl or cyclic N) is 1. The van der Waals surface area contributed by atoms with Gasteiger partial charge < -0.3 is 19.6 Å². The van der Waals surface area contributed by atoms with Crippen LogP contribution in [0.3, 0.4) is 0 Å². The summed E-state index contributed by atoms with van der Waals surface area (Å²) in [6, 6.07) is 5.79. The standard InChI is InChI=1S/C19H24N2O5/c1-11(2)16(21-9-12-6-4-5-7-14(12)17(21)23)18(24)20-10-13(22)8-15(20)19(25)26-3/h4-7,11,13,15-16,22H,8-10H2,1-3H3/t13-,15+,16?/m1/s1. The number of fused-ring (bicyclic) bond motifs is 1. The molecule has 0 aliphatic carbocycles. The van der Waals surface area contributed by atoms with E-state index in [1.165, 1.54) is 12.0 Å². The Balaban J connectivity index is 1.88. The molecule has 1 aromatic carbocycles. The highest BCUT2D eigenvalue weighted by molar-refractivity contribution is 6.01. The second kappa shape index (κ2) is 7.07. The predicted molar refractivity (Wildman–Crippen MR) is 93.1 cm³/mol. The molecular weight excluding hydrogens is 336 g/mol. The van der Waals surface area contributed by atoms with Gasteiger partial charge in [0, 0.05) is 25.1 Å². The number of amides is 2. The lowest BCUT2D eigenvalue weighted by molar-refractivity contribution is -0.153. The van der Waals surface area contributed by atoms with E-state index in [2.05, 4.69) is 0 Å². The first-order valence-electron chi connectivity index (χ1n) is 8.80. The van der Waals surface area contributed by atoms with Gasteiger partial charge in [0.1, 0.15) is 12.1 Å². The Labute approximate surface area is 152 Å². The van der Waals surface area contributed by atoms with E-state index in [1.54, 1.807) is 17.0 Å². The number of ether oxygens (including phenoxy) is 1. The van der Waals surface area contributed by atoms with Crippen LogP contribution in [0, 0.1) is 5.92 Å². The molecule has 3 atom stereocenters. The van der Waals surface area contributed by atoms with Crippen LogP contribution in [0.4, 0.5) is 0 Å². The minimum Gasteiger partial charge on any atom is -0.467 e. The van der Waals surface area contributed by atoms with E-state index in [1.807, 2.05) is 26.0 Å². The Hall–Kier alpha value is -2.41. The quantitative estimate of drug-likeness (QED) is 0.803. The van der Waals surface area contributed by atoms with Crippen LogP contribution >= 0.6 is 0 Å². The van der Waals surface area contributed by atoms with Crippen molar-refractivity contribution in [2.45, 2.75) is 45.0 Å². The molecule has 2 aliphatic rings. The van der Waals surface area contributed by atoms with E-state index in [0.29, 0.717) is 12.1 Å². The number of carbonyl (C=O) groups is 3. The molecule has 0 aromatic heterocycles. The number of hydrogen-bond donors (Lipinski definition) is 1. The SMILES string of the molecule is COC(=O)[C@@H]1C[C@@H](O)CN1C(=O)C(C(C)C)N1Cc2ccccc2C1=O. The maximum Gasteiger partial charge on any atom is 0.328 e. The van der Waals surface area contributed by atoms with E-state index in [-0.39, 0.29) is 30.7 Å². The highest BCUT2D eigenvalue weighted by Gasteiger charge is 2.46. The summed E-state index contributed by atoms with van der Waals surface area (Å²) in [6.45, 7) is 4.18. The molecule has 0 bridgehead atoms. The molecule has 1 N–H and O–H groups in total. The summed E-state index contributed by atoms with van der Waals surface area (Å²) in [5.74, 6) is -1.19. The highest BCUT2D eigenvalue weighted by Crippen LogP contribution is 2.30. The predicted octanol–water partition coefficient (Wildman–Crippen LogP) is 0.802. The van der Waals surface area contributed by atoms with Crippen LogP contribution in [0.25, 0.3) is 0 Å². The number of carbonyl (C=O) groups excluding carboxylic acids is 3. The van der Waals surface area contributed by atoms with Crippen molar-refractivity contribution in [1.82, 2.24) is 9.80 Å². The summed E-state index contributed by atoms with van der Waals surface area (Å²) >= 11 is 0. The number of methoxy groups -OCH3 is 1. The second-order valence-corrected chi connectivity index (χ2v) is 7.20. The number of esters is 1. The molecule has 0 saturated carbocycles. The average molecular weight is 360 g/mol. The van der Waals surface area contributed by atoms with Crippen LogP contribution in [0.1, 0.15) is 36.2 Å². The van der Waals surface area contributed by atoms with Gasteiger partial charge in [0.15, 0.2) is 0 Å². The molecule has 7 nitrogen and oxygen atoms in total. The Morgan fingerprint density at radius 3 is 2.58 bits per heavy atom. The van der Waals surface area contributed by atoms with Crippen molar-refractivity contribution in [2.75, 3.05) is 13.7 Å². The van der Waals surface area contributed by atoms with Crippen LogP contribution in [0.5, 0.6) is 0 Å². The molecule has 140 valence electrons. The fourth-order valence-electron chi connectivity index (χ4n) is 3.87. The number of rotatable bonds is 4. The van der Waals surface area contributed by atoms with E-state index in [9.17, 15) is 19.5 Å². The smallest absolute Gasteiger partial charge is 0.328 e. The van der Waals surface area contributed by atoms with Crippen LogP contribution in [0.2, 0.25) is 0 Å². The average Bonchev–Trinajstić information content (AvgIpc) is 3.15. The van der Waals surface area contributed by atoms with Gasteiger partial charge in [-0.05, 0) is 17.5 Å². The van der Waals surface area contributed by atoms with Crippen molar-refractivity contribution in [1.29, 1.82) is 0 Å². The minimum atomic E-state index is -0.816. The zero-order valence-electron chi connectivity index (χ0n) is 15.2. The summed E-state index contributed by atoms with van der Waals surface area (Å²) in [6.07, 6.45) is -0.625. The molecule has 1 unspecified atom stereocenters. The molecule has 2 aliphatic heterocycles. The molecule has 1 fully saturated rings. The Morgan fingerprint density at radius 1 is 1.27 bits per heavy atom. The van der Waals surface area contributed by atoms with E-state index in [4.69, 9.17) is 4.74 Å². The minimum absolute atomic E-state index is 0.0663. The van der Waals surface area contributed by atoms with Crippen molar-refractivity contribution in [3.05, 3.63) is 35.4 Å². The van der Waals surface area contributed by atoms with Crippen molar-refractivity contribution in [3.8, 4) is 0 Å². The summed E-state index contributed by atoms with van der Waals surface area (Å²) in [5, 5.41) is 9.96. The molecule has 1 aromatic rings. The normalized spacial score (nSPS) is 23.3. The third kappa shape index (κ3) is 3.07. The van der Waals surface area contributed by atoms with Gasteiger partial charge in [0.05, 0.1) is 13.2 Å². The highest BCUT2D eigenvalue weighted by atomic mass is 16.5. The third-order valence-corrected chi connectivity index (χ3v) is 5.10. The number of hydrogen-bond acceptors (Lipinski definition) is 5. The van der Waals surface area contributed by atoms with Crippen molar-refractivity contribution >= 4 is 17.8 Å². The second-order valence-electron chi connectivity index (χ2n) is 7.20. The first kappa shape index (κ1) is 18.4. The van der Waals surface area contributed by atoms with Crippen molar-refractivity contribution < 1.29 is 24.2 Å². The molecule has 26 heavy (non-hydrogen) atoms. The zero-order valence-corrected chi connectivity index (χ0v) is 15.2. The first-order valence-corrected chi connectivity index (χ1v) is 8.80. The molecule has 0 radical (unpaired) electrons. The topological polar surface area (TPSA) is 87.2 Å². The fourth-order valence-corrected chi connectivity index (χ4v) is 3.87. The van der Waals surface area contributed by atoms with Crippen LogP contribution in [0.15, 0.2) is 24.3 Å². The number of nitrogens with zero attached hydrogens (tertiary/aromatic N) is 2. The number of aliphatic hydroxyl groups is 1. The monoisotopic (exact) mass is 360 g/mol. The lowest BCUT2D eigenvalue weighted by atomic mass is 10.0. The molecule has 1 saturated heterocycles. The summed E-state index contributed by atoms with van der Waals surface area (Å²) in [4.78, 5) is 41.0. The summed E-state index contributed by atoms with van der Waals surface area (Å²) in [5.41, 5.74) is 1.50. The van der Waals surface area contributed by atoms with Gasteiger partial charge in [-0.2, -0.15) is 0 Å². The van der Waals surface area contributed by atoms with E-state index < -0.39 is 24.2 Å². The largest absolute Gasteiger partial charge is 0.467 e. The Kier molecular flexibility index (Phi) is 5.00. The number of likely N-dealkylation sites (tertiary alicyclic amines) is 1. The lowest BCUT2D eigenvalue weighted by Gasteiger charge is -2.34. The number of aliphatic hydroxyl groups excluding tert-OH is 1. The Morgan fingerprint density at radius 2 is 1.96 bits per heavy atom. The molecule has 3 rings (SSSR count). The summed E-state index contributed by atoms with van der Waals surface area (Å²) in [7, 11) is 1.26. The lowest BCUT2D eigenvalue weighted by Crippen LogP contribution is -2.54. The van der Waals surface area contributed by atoms with Gasteiger partial charge in [0.2, 0.25) is 5.91 Å². The molecular formula is C19H24N2O5. The van der Waals surface area contributed by atoms with Crippen LogP contribution < -0.4 is 0 Å². The first-order chi connectivity index (χ1) is 12.3. The van der Waals surface area contributed by atoms with Crippen molar-refractivity contribution in [2.24, 2.45) is 5.92 Å². The third-order valence-electron chi connectivity index (χ3n) is 5.10. The van der Waals surface area contributed by atoms with Crippen LogP contribution in [-0.4, -0.2) is 64.5 Å². The molecule has 2 heterocycles. The van der Waals surface area contributed by atoms with Crippen LogP contribution in [-0.2, 0) is 20.9 Å². The Bertz CT molecular complexity index is 732.